The lowest BCUT2D eigenvalue weighted by Gasteiger charge is -2.20. The van der Waals surface area contributed by atoms with Gasteiger partial charge in [-0.3, -0.25) is 10.2 Å². The summed E-state index contributed by atoms with van der Waals surface area (Å²) in [6, 6.07) is 14.4. The minimum absolute atomic E-state index is 0.0648. The van der Waals surface area contributed by atoms with Gasteiger partial charge in [0.1, 0.15) is 17.4 Å². The van der Waals surface area contributed by atoms with Crippen molar-refractivity contribution in [2.75, 3.05) is 6.61 Å². The molecule has 0 bridgehead atoms. The summed E-state index contributed by atoms with van der Waals surface area (Å²) in [4.78, 5) is 17.1. The summed E-state index contributed by atoms with van der Waals surface area (Å²) in [5, 5.41) is 17.0. The van der Waals surface area contributed by atoms with Gasteiger partial charge in [-0.1, -0.05) is 38.1 Å². The molecule has 0 aliphatic carbocycles. The molecule has 0 radical (unpaired) electrons. The average Bonchev–Trinajstić information content (AvgIpc) is 3.43. The molecule has 3 aromatic rings. The lowest BCUT2D eigenvalue weighted by atomic mass is 10.1. The highest BCUT2D eigenvalue weighted by molar-refractivity contribution is 8.26. The first-order chi connectivity index (χ1) is 17.5. The van der Waals surface area contributed by atoms with Crippen molar-refractivity contribution in [3.8, 4) is 5.75 Å². The monoisotopic (exact) mass is 499 g/mol. The molecule has 36 heavy (non-hydrogen) atoms. The highest BCUT2D eigenvalue weighted by atomic mass is 32.2. The molecule has 0 saturated carbocycles. The first kappa shape index (κ1) is 24.1. The van der Waals surface area contributed by atoms with E-state index in [-0.39, 0.29) is 11.4 Å². The maximum atomic E-state index is 12.9. The minimum atomic E-state index is -0.405. The Morgan fingerprint density at radius 2 is 2.00 bits per heavy atom. The molecule has 5 rings (SSSR count). The van der Waals surface area contributed by atoms with Crippen LogP contribution in [0.5, 0.6) is 5.75 Å². The Bertz CT molecular complexity index is 1450. The summed E-state index contributed by atoms with van der Waals surface area (Å²) in [6.07, 6.45) is 6.50. The number of amidine groups is 2. The molecule has 0 atom stereocenters. The number of aryl methyl sites for hydroxylation is 2. The van der Waals surface area contributed by atoms with Crippen molar-refractivity contribution in [3.63, 3.8) is 0 Å². The van der Waals surface area contributed by atoms with Crippen molar-refractivity contribution in [2.24, 2.45) is 10.1 Å². The first-order valence-electron chi connectivity index (χ1n) is 12.3. The number of nitrogens with one attached hydrogen (secondary N) is 1. The molecule has 2 aliphatic heterocycles. The molecular formula is C28H29N5O2S. The zero-order chi connectivity index (χ0) is 25.2. The molecule has 184 valence electrons. The van der Waals surface area contributed by atoms with Crippen molar-refractivity contribution < 1.29 is 9.53 Å². The van der Waals surface area contributed by atoms with Crippen LogP contribution in [0.15, 0.2) is 64.3 Å². The van der Waals surface area contributed by atoms with E-state index in [1.165, 1.54) is 27.9 Å². The second-order valence-electron chi connectivity index (χ2n) is 8.92. The Labute approximate surface area is 215 Å². The van der Waals surface area contributed by atoms with Crippen LogP contribution >= 0.6 is 11.8 Å². The van der Waals surface area contributed by atoms with Crippen molar-refractivity contribution in [3.05, 3.63) is 70.9 Å². The van der Waals surface area contributed by atoms with Crippen LogP contribution in [0, 0.1) is 12.3 Å². The average molecular weight is 500 g/mol. The number of fused-ring (bicyclic) bond motifs is 2. The Kier molecular flexibility index (Phi) is 6.78. The quantitative estimate of drug-likeness (QED) is 0.385. The first-order valence-corrected chi connectivity index (χ1v) is 13.1. The van der Waals surface area contributed by atoms with Crippen LogP contribution in [0.2, 0.25) is 0 Å². The number of amides is 1. The minimum Gasteiger partial charge on any atom is -0.492 e. The number of ether oxygens (including phenoxy) is 1. The molecule has 1 aromatic heterocycles. The maximum absolute atomic E-state index is 12.9. The van der Waals surface area contributed by atoms with Gasteiger partial charge in [0.15, 0.2) is 5.84 Å². The third kappa shape index (κ3) is 4.73. The van der Waals surface area contributed by atoms with Crippen LogP contribution in [0.4, 0.5) is 0 Å². The number of hydrogen-bond donors (Lipinski definition) is 1. The van der Waals surface area contributed by atoms with Gasteiger partial charge in [-0.15, -0.1) is 0 Å². The molecule has 3 heterocycles. The lowest BCUT2D eigenvalue weighted by Crippen LogP contribution is -2.35. The number of benzene rings is 2. The molecule has 7 nitrogen and oxygen atoms in total. The van der Waals surface area contributed by atoms with Crippen LogP contribution in [0.3, 0.4) is 0 Å². The summed E-state index contributed by atoms with van der Waals surface area (Å²) in [5.41, 5.74) is 4.61. The highest BCUT2D eigenvalue weighted by Crippen LogP contribution is 2.31. The van der Waals surface area contributed by atoms with E-state index < -0.39 is 5.91 Å². The predicted molar refractivity (Wildman–Crippen MR) is 148 cm³/mol. The van der Waals surface area contributed by atoms with E-state index in [1.54, 1.807) is 6.08 Å². The van der Waals surface area contributed by atoms with Crippen LogP contribution in [0.25, 0.3) is 17.0 Å². The summed E-state index contributed by atoms with van der Waals surface area (Å²) in [7, 11) is 0. The smallest absolute Gasteiger partial charge is 0.283 e. The molecule has 8 heteroatoms. The molecule has 0 saturated heterocycles. The second-order valence-corrected chi connectivity index (χ2v) is 9.96. The molecule has 1 N–H and O–H groups in total. The number of para-hydroxylation sites is 1. The van der Waals surface area contributed by atoms with E-state index in [1.807, 2.05) is 24.4 Å². The number of nitrogens with zero attached hydrogens (tertiary/aromatic N) is 4. The van der Waals surface area contributed by atoms with Gasteiger partial charge in [0.25, 0.3) is 5.91 Å². The topological polar surface area (TPSA) is 83.0 Å². The fraction of sp³-hybridized carbons (Fsp3) is 0.286. The Morgan fingerprint density at radius 3 is 2.81 bits per heavy atom. The summed E-state index contributed by atoms with van der Waals surface area (Å²) >= 11 is 1.37. The fourth-order valence-electron chi connectivity index (χ4n) is 4.45. The Balaban J connectivity index is 1.40. The summed E-state index contributed by atoms with van der Waals surface area (Å²) in [5.74, 6) is 0.542. The second kappa shape index (κ2) is 10.1. The normalized spacial score (nSPS) is 16.5. The fourth-order valence-corrected chi connectivity index (χ4v) is 5.44. The summed E-state index contributed by atoms with van der Waals surface area (Å²) in [6.45, 7) is 7.47. The van der Waals surface area contributed by atoms with Crippen LogP contribution in [-0.2, 0) is 17.8 Å². The van der Waals surface area contributed by atoms with Crippen molar-refractivity contribution in [1.29, 1.82) is 5.41 Å². The number of hydrazone groups is 1. The molecule has 2 aliphatic rings. The third-order valence-corrected chi connectivity index (χ3v) is 7.17. The Hall–Kier alpha value is -3.65. The van der Waals surface area contributed by atoms with E-state index in [0.29, 0.717) is 18.3 Å². The summed E-state index contributed by atoms with van der Waals surface area (Å²) < 4.78 is 8.22. The van der Waals surface area contributed by atoms with Gasteiger partial charge in [-0.2, -0.15) is 15.1 Å². The molecular weight excluding hydrogens is 470 g/mol. The van der Waals surface area contributed by atoms with E-state index in [9.17, 15) is 4.79 Å². The van der Waals surface area contributed by atoms with Crippen molar-refractivity contribution in [1.82, 2.24) is 9.58 Å². The number of aromatic nitrogens is 1. The molecule has 0 spiro atoms. The number of hydrogen-bond acceptors (Lipinski definition) is 5. The number of thioether (sulfide) groups is 1. The molecule has 1 amide bonds. The van der Waals surface area contributed by atoms with Gasteiger partial charge >= 0.3 is 0 Å². The highest BCUT2D eigenvalue weighted by Gasteiger charge is 2.35. The molecule has 2 aromatic carbocycles. The molecule has 0 unspecified atom stereocenters. The van der Waals surface area contributed by atoms with E-state index in [2.05, 4.69) is 59.7 Å². The number of aliphatic imine (C=N–C) groups is 1. The number of rotatable bonds is 8. The van der Waals surface area contributed by atoms with Crippen molar-refractivity contribution in [2.45, 2.75) is 46.6 Å². The van der Waals surface area contributed by atoms with Crippen LogP contribution in [-0.4, -0.2) is 38.1 Å². The van der Waals surface area contributed by atoms with Gasteiger partial charge in [0, 0.05) is 22.7 Å². The molecule has 0 fully saturated rings. The third-order valence-electron chi connectivity index (χ3n) is 6.20. The lowest BCUT2D eigenvalue weighted by molar-refractivity contribution is -0.114. The zero-order valence-corrected chi connectivity index (χ0v) is 21.6. The van der Waals surface area contributed by atoms with Gasteiger partial charge in [0.05, 0.1) is 12.1 Å². The van der Waals surface area contributed by atoms with Crippen LogP contribution in [0.1, 0.15) is 43.4 Å². The number of carbonyl (C=O) groups excluding carboxylic acids is 1. The predicted octanol–water partition coefficient (Wildman–Crippen LogP) is 6.01. The SMILES string of the molecule is CCCC1=NN2C(=N)/C(=C/c3cn(CCOc4cc(C)cc(CC)c4)c4ccccc34)C(=O)N=C2S1. The maximum Gasteiger partial charge on any atom is 0.283 e. The van der Waals surface area contributed by atoms with Crippen LogP contribution < -0.4 is 4.74 Å². The van der Waals surface area contributed by atoms with Gasteiger partial charge in [-0.05, 0) is 73.4 Å². The van der Waals surface area contributed by atoms with Gasteiger partial charge in [0.2, 0.25) is 5.17 Å². The van der Waals surface area contributed by atoms with Gasteiger partial charge in [-0.25, -0.2) is 0 Å². The van der Waals surface area contributed by atoms with Gasteiger partial charge < -0.3 is 9.30 Å². The zero-order valence-electron chi connectivity index (χ0n) is 20.7. The number of carbonyl (C=O) groups is 1. The Morgan fingerprint density at radius 1 is 1.17 bits per heavy atom. The largest absolute Gasteiger partial charge is 0.492 e. The van der Waals surface area contributed by atoms with E-state index >= 15 is 0 Å². The van der Waals surface area contributed by atoms with E-state index in [4.69, 9.17) is 10.1 Å². The standard InChI is InChI=1S/C28H29N5O2S/c1-4-8-25-31-33-26(29)23(27(34)30-28(33)36-25)16-20-17-32(24-10-7-6-9-22(20)24)11-12-35-21-14-18(3)13-19(5-2)15-21/h6-7,9-10,13-17,29H,4-5,8,11-12H2,1-3H3/b23-16-,29-26?. The van der Waals surface area contributed by atoms with Crippen molar-refractivity contribution >= 4 is 50.7 Å². The van der Waals surface area contributed by atoms with E-state index in [0.717, 1.165) is 46.5 Å².